The van der Waals surface area contributed by atoms with Crippen LogP contribution in [0.5, 0.6) is 11.5 Å². The normalized spacial score (nSPS) is 16.1. The predicted molar refractivity (Wildman–Crippen MR) is 83.0 cm³/mol. The molecule has 6 nitrogen and oxygen atoms in total. The van der Waals surface area contributed by atoms with Crippen LogP contribution in [-0.2, 0) is 10.0 Å². The Labute approximate surface area is 131 Å². The van der Waals surface area contributed by atoms with E-state index in [1.807, 2.05) is 0 Å². The van der Waals surface area contributed by atoms with Crippen LogP contribution in [0.1, 0.15) is 12.8 Å². The van der Waals surface area contributed by atoms with Crippen LogP contribution < -0.4 is 19.5 Å². The first-order chi connectivity index (χ1) is 9.58. The van der Waals surface area contributed by atoms with Crippen LogP contribution in [0, 0.1) is 0 Å². The van der Waals surface area contributed by atoms with E-state index in [1.54, 1.807) is 18.2 Å². The van der Waals surface area contributed by atoms with Gasteiger partial charge in [-0.25, -0.2) is 13.1 Å². The summed E-state index contributed by atoms with van der Waals surface area (Å²) >= 11 is 0. The molecule has 0 bridgehead atoms. The van der Waals surface area contributed by atoms with E-state index >= 15 is 0 Å². The molecule has 120 valence electrons. The summed E-state index contributed by atoms with van der Waals surface area (Å²) in [6.07, 6.45) is 1.55. The third-order valence-corrected chi connectivity index (χ3v) is 4.90. The fraction of sp³-hybridized carbons (Fsp3) is 0.538. The van der Waals surface area contributed by atoms with Gasteiger partial charge in [0.15, 0.2) is 4.90 Å². The first-order valence-corrected chi connectivity index (χ1v) is 8.01. The zero-order valence-electron chi connectivity index (χ0n) is 12.1. The minimum atomic E-state index is -3.67. The minimum Gasteiger partial charge on any atom is -0.495 e. The van der Waals surface area contributed by atoms with Crippen LogP contribution >= 0.6 is 12.4 Å². The zero-order chi connectivity index (χ0) is 14.6. The molecular formula is C13H21ClN2O4S. The Bertz CT molecular complexity index is 537. The van der Waals surface area contributed by atoms with Crippen LogP contribution in [-0.4, -0.2) is 41.8 Å². The summed E-state index contributed by atoms with van der Waals surface area (Å²) in [6, 6.07) is 4.86. The first kappa shape index (κ1) is 18.0. The molecule has 1 fully saturated rings. The van der Waals surface area contributed by atoms with E-state index in [1.165, 1.54) is 14.2 Å². The Morgan fingerprint density at radius 1 is 1.14 bits per heavy atom. The molecule has 0 unspecified atom stereocenters. The van der Waals surface area contributed by atoms with E-state index < -0.39 is 10.0 Å². The van der Waals surface area contributed by atoms with Gasteiger partial charge in [-0.15, -0.1) is 12.4 Å². The molecule has 0 aliphatic carbocycles. The molecule has 1 aromatic rings. The van der Waals surface area contributed by atoms with Gasteiger partial charge in [0.2, 0.25) is 10.0 Å². The molecule has 0 radical (unpaired) electrons. The van der Waals surface area contributed by atoms with E-state index in [0.29, 0.717) is 0 Å². The highest BCUT2D eigenvalue weighted by Gasteiger charge is 2.28. The van der Waals surface area contributed by atoms with Crippen molar-refractivity contribution in [3.8, 4) is 11.5 Å². The van der Waals surface area contributed by atoms with Gasteiger partial charge < -0.3 is 14.8 Å². The molecule has 0 saturated carbocycles. The van der Waals surface area contributed by atoms with E-state index in [0.717, 1.165) is 25.9 Å². The summed E-state index contributed by atoms with van der Waals surface area (Å²) in [5.41, 5.74) is 0. The number of hydrogen-bond donors (Lipinski definition) is 2. The van der Waals surface area contributed by atoms with Gasteiger partial charge in [-0.2, -0.15) is 0 Å². The molecule has 0 amide bonds. The molecule has 8 heteroatoms. The number of nitrogens with one attached hydrogen (secondary N) is 2. The lowest BCUT2D eigenvalue weighted by molar-refractivity contribution is 0.371. The molecule has 1 aliphatic heterocycles. The Hall–Kier alpha value is -1.02. The van der Waals surface area contributed by atoms with Crippen molar-refractivity contribution in [1.82, 2.24) is 10.0 Å². The summed E-state index contributed by atoms with van der Waals surface area (Å²) in [5, 5.41) is 3.20. The standard InChI is InChI=1S/C13H20N2O4S.ClH/c1-18-11-4-3-5-12(19-2)13(11)20(16,17)15-10-6-8-14-9-7-10;/h3-5,10,14-15H,6-9H2,1-2H3;1H. The summed E-state index contributed by atoms with van der Waals surface area (Å²) < 4.78 is 38.2. The lowest BCUT2D eigenvalue weighted by Crippen LogP contribution is -2.42. The number of benzene rings is 1. The van der Waals surface area contributed by atoms with E-state index in [4.69, 9.17) is 9.47 Å². The molecule has 1 aromatic carbocycles. The lowest BCUT2D eigenvalue weighted by atomic mass is 10.1. The van der Waals surface area contributed by atoms with Crippen molar-refractivity contribution in [1.29, 1.82) is 0 Å². The number of rotatable bonds is 5. The molecule has 1 heterocycles. The lowest BCUT2D eigenvalue weighted by Gasteiger charge is -2.24. The monoisotopic (exact) mass is 336 g/mol. The number of ether oxygens (including phenoxy) is 2. The van der Waals surface area contributed by atoms with Crippen molar-refractivity contribution in [3.63, 3.8) is 0 Å². The molecule has 0 aromatic heterocycles. The number of halogens is 1. The fourth-order valence-electron chi connectivity index (χ4n) is 2.30. The Morgan fingerprint density at radius 2 is 1.67 bits per heavy atom. The molecule has 2 N–H and O–H groups in total. The van der Waals surface area contributed by atoms with E-state index in [2.05, 4.69) is 10.0 Å². The molecule has 0 atom stereocenters. The van der Waals surface area contributed by atoms with Crippen LogP contribution in [0.2, 0.25) is 0 Å². The van der Waals surface area contributed by atoms with Gasteiger partial charge >= 0.3 is 0 Å². The molecule has 1 saturated heterocycles. The van der Waals surface area contributed by atoms with Crippen molar-refractivity contribution in [2.24, 2.45) is 0 Å². The van der Waals surface area contributed by atoms with Crippen molar-refractivity contribution in [2.75, 3.05) is 27.3 Å². The number of methoxy groups -OCH3 is 2. The van der Waals surface area contributed by atoms with Gasteiger partial charge in [-0.05, 0) is 38.1 Å². The molecule has 21 heavy (non-hydrogen) atoms. The number of piperidine rings is 1. The predicted octanol–water partition coefficient (Wildman–Crippen LogP) is 1.16. The van der Waals surface area contributed by atoms with Crippen LogP contribution in [0.25, 0.3) is 0 Å². The minimum absolute atomic E-state index is 0. The smallest absolute Gasteiger partial charge is 0.248 e. The third kappa shape index (κ3) is 4.23. The molecule has 2 rings (SSSR count). The fourth-order valence-corrected chi connectivity index (χ4v) is 3.93. The number of sulfonamides is 1. The highest BCUT2D eigenvalue weighted by Crippen LogP contribution is 2.33. The first-order valence-electron chi connectivity index (χ1n) is 6.52. The Kier molecular flexibility index (Phi) is 6.73. The maximum atomic E-state index is 12.6. The summed E-state index contributed by atoms with van der Waals surface area (Å²) in [6.45, 7) is 1.63. The van der Waals surface area contributed by atoms with Crippen molar-refractivity contribution >= 4 is 22.4 Å². The topological polar surface area (TPSA) is 76.7 Å². The summed E-state index contributed by atoms with van der Waals surface area (Å²) in [7, 11) is -0.788. The third-order valence-electron chi connectivity index (χ3n) is 3.31. The SMILES string of the molecule is COc1cccc(OC)c1S(=O)(=O)NC1CCNCC1.Cl. The van der Waals surface area contributed by atoms with Gasteiger partial charge in [0, 0.05) is 6.04 Å². The van der Waals surface area contributed by atoms with E-state index in [9.17, 15) is 8.42 Å². The Balaban J connectivity index is 0.00000220. The largest absolute Gasteiger partial charge is 0.495 e. The maximum absolute atomic E-state index is 12.6. The maximum Gasteiger partial charge on any atom is 0.248 e. The highest BCUT2D eigenvalue weighted by atomic mass is 35.5. The molecule has 0 spiro atoms. The highest BCUT2D eigenvalue weighted by molar-refractivity contribution is 7.89. The molecule has 1 aliphatic rings. The average Bonchev–Trinajstić information content (AvgIpc) is 2.46. The van der Waals surface area contributed by atoms with Crippen molar-refractivity contribution in [2.45, 2.75) is 23.8 Å². The van der Waals surface area contributed by atoms with Crippen molar-refractivity contribution in [3.05, 3.63) is 18.2 Å². The summed E-state index contributed by atoms with van der Waals surface area (Å²) in [4.78, 5) is 0.0588. The van der Waals surface area contributed by atoms with Crippen molar-refractivity contribution < 1.29 is 17.9 Å². The van der Waals surface area contributed by atoms with Crippen LogP contribution in [0.4, 0.5) is 0 Å². The second-order valence-electron chi connectivity index (χ2n) is 4.64. The van der Waals surface area contributed by atoms with Gasteiger partial charge in [0.05, 0.1) is 14.2 Å². The molecular weight excluding hydrogens is 316 g/mol. The average molecular weight is 337 g/mol. The summed E-state index contributed by atoms with van der Waals surface area (Å²) in [5.74, 6) is 0.566. The van der Waals surface area contributed by atoms with Crippen LogP contribution in [0.15, 0.2) is 23.1 Å². The van der Waals surface area contributed by atoms with Gasteiger partial charge in [0.1, 0.15) is 11.5 Å². The van der Waals surface area contributed by atoms with E-state index in [-0.39, 0.29) is 34.8 Å². The second kappa shape index (κ2) is 7.84. The van der Waals surface area contributed by atoms with Gasteiger partial charge in [-0.1, -0.05) is 6.07 Å². The number of hydrogen-bond acceptors (Lipinski definition) is 5. The van der Waals surface area contributed by atoms with Gasteiger partial charge in [0.25, 0.3) is 0 Å². The second-order valence-corrected chi connectivity index (χ2v) is 6.29. The zero-order valence-corrected chi connectivity index (χ0v) is 13.7. The quantitative estimate of drug-likeness (QED) is 0.843. The van der Waals surface area contributed by atoms with Gasteiger partial charge in [-0.3, -0.25) is 0 Å². The Morgan fingerprint density at radius 3 is 2.14 bits per heavy atom. The van der Waals surface area contributed by atoms with Crippen LogP contribution in [0.3, 0.4) is 0 Å².